The van der Waals surface area contributed by atoms with Gasteiger partial charge in [-0.2, -0.15) is 5.26 Å². The molecule has 0 aliphatic heterocycles. The van der Waals surface area contributed by atoms with Gasteiger partial charge in [-0.1, -0.05) is 6.07 Å². The second-order valence-electron chi connectivity index (χ2n) is 4.65. The van der Waals surface area contributed by atoms with Crippen LogP contribution in [0.5, 0.6) is 0 Å². The number of hydrogen-bond donors (Lipinski definition) is 2. The number of halogens is 1. The quantitative estimate of drug-likeness (QED) is 0.792. The van der Waals surface area contributed by atoms with Gasteiger partial charge in [-0.05, 0) is 47.3 Å². The highest BCUT2D eigenvalue weighted by molar-refractivity contribution is 9.10. The van der Waals surface area contributed by atoms with Crippen molar-refractivity contribution in [2.75, 3.05) is 11.9 Å². The molecule has 0 saturated heterocycles. The molecule has 1 aliphatic carbocycles. The lowest BCUT2D eigenvalue weighted by Gasteiger charge is -2.09. The van der Waals surface area contributed by atoms with E-state index >= 15 is 0 Å². The lowest BCUT2D eigenvalue weighted by atomic mass is 10.2. The number of amides is 1. The summed E-state index contributed by atoms with van der Waals surface area (Å²) >= 11 is 3.35. The van der Waals surface area contributed by atoms with Crippen molar-refractivity contribution in [3.05, 3.63) is 28.2 Å². The summed E-state index contributed by atoms with van der Waals surface area (Å²) < 4.78 is 0.784. The van der Waals surface area contributed by atoms with E-state index in [1.54, 1.807) is 0 Å². The Morgan fingerprint density at radius 2 is 2.26 bits per heavy atom. The van der Waals surface area contributed by atoms with Crippen LogP contribution in [0.3, 0.4) is 0 Å². The number of benzene rings is 1. The van der Waals surface area contributed by atoms with Crippen LogP contribution in [-0.2, 0) is 4.79 Å². The number of hydrogen-bond acceptors (Lipinski definition) is 3. The number of nitrogens with zero attached hydrogens (tertiary/aromatic N) is 1. The number of nitriles is 1. The van der Waals surface area contributed by atoms with Crippen molar-refractivity contribution in [3.63, 3.8) is 0 Å². The molecule has 0 atom stereocenters. The van der Waals surface area contributed by atoms with Crippen molar-refractivity contribution in [1.82, 2.24) is 5.32 Å². The number of carbonyl (C=O) groups excluding carboxylic acids is 1. The summed E-state index contributed by atoms with van der Waals surface area (Å²) in [6.45, 7) is 0.684. The third-order valence-corrected chi connectivity index (χ3v) is 3.62. The lowest BCUT2D eigenvalue weighted by Crippen LogP contribution is -2.25. The van der Waals surface area contributed by atoms with E-state index in [-0.39, 0.29) is 5.91 Å². The summed E-state index contributed by atoms with van der Waals surface area (Å²) in [7, 11) is 0. The molecule has 0 radical (unpaired) electrons. The summed E-state index contributed by atoms with van der Waals surface area (Å²) in [6, 6.07) is 8.18. The standard InChI is InChI=1S/C14H16BrN3O/c15-12-3-1-4-13(11(12)9-16)17-8-2-5-14(19)18-10-6-7-10/h1,3-4,10,17H,2,5-8H2,(H,18,19). The summed E-state index contributed by atoms with van der Waals surface area (Å²) in [6.07, 6.45) is 3.52. The maximum absolute atomic E-state index is 11.5. The van der Waals surface area contributed by atoms with Gasteiger partial charge in [0.1, 0.15) is 6.07 Å². The third-order valence-electron chi connectivity index (χ3n) is 2.96. The number of anilines is 1. The zero-order chi connectivity index (χ0) is 13.7. The summed E-state index contributed by atoms with van der Waals surface area (Å²) in [4.78, 5) is 11.5. The van der Waals surface area contributed by atoms with Gasteiger partial charge in [-0.3, -0.25) is 4.79 Å². The fraction of sp³-hybridized carbons (Fsp3) is 0.429. The molecular weight excluding hydrogens is 306 g/mol. The first-order chi connectivity index (χ1) is 9.20. The molecule has 0 spiro atoms. The van der Waals surface area contributed by atoms with Gasteiger partial charge in [0.2, 0.25) is 5.91 Å². The molecule has 4 nitrogen and oxygen atoms in total. The largest absolute Gasteiger partial charge is 0.384 e. The van der Waals surface area contributed by atoms with Gasteiger partial charge >= 0.3 is 0 Å². The Balaban J connectivity index is 1.74. The molecule has 0 unspecified atom stereocenters. The minimum atomic E-state index is 0.124. The van der Waals surface area contributed by atoms with Crippen molar-refractivity contribution in [2.45, 2.75) is 31.7 Å². The number of nitrogens with one attached hydrogen (secondary N) is 2. The van der Waals surface area contributed by atoms with Crippen LogP contribution in [0.4, 0.5) is 5.69 Å². The molecule has 1 aromatic carbocycles. The summed E-state index contributed by atoms with van der Waals surface area (Å²) in [5, 5.41) is 15.2. The van der Waals surface area contributed by atoms with Crippen LogP contribution in [0.2, 0.25) is 0 Å². The first kappa shape index (κ1) is 13.9. The Bertz CT molecular complexity index is 506. The van der Waals surface area contributed by atoms with Crippen molar-refractivity contribution >= 4 is 27.5 Å². The predicted octanol–water partition coefficient (Wildman–Crippen LogP) is 2.79. The highest BCUT2D eigenvalue weighted by atomic mass is 79.9. The van der Waals surface area contributed by atoms with Gasteiger partial charge in [-0.25, -0.2) is 0 Å². The molecule has 2 rings (SSSR count). The molecule has 1 fully saturated rings. The van der Waals surface area contributed by atoms with Crippen LogP contribution in [0.1, 0.15) is 31.2 Å². The van der Waals surface area contributed by atoms with Gasteiger partial charge in [0, 0.05) is 23.5 Å². The van der Waals surface area contributed by atoms with E-state index in [1.807, 2.05) is 18.2 Å². The van der Waals surface area contributed by atoms with Crippen molar-refractivity contribution < 1.29 is 4.79 Å². The predicted molar refractivity (Wildman–Crippen MR) is 77.7 cm³/mol. The molecule has 1 amide bonds. The molecule has 19 heavy (non-hydrogen) atoms. The Morgan fingerprint density at radius 3 is 2.95 bits per heavy atom. The first-order valence-electron chi connectivity index (χ1n) is 6.42. The highest BCUT2D eigenvalue weighted by Crippen LogP contribution is 2.23. The van der Waals surface area contributed by atoms with E-state index < -0.39 is 0 Å². The average Bonchev–Trinajstić information content (AvgIpc) is 3.18. The Hall–Kier alpha value is -1.54. The zero-order valence-corrected chi connectivity index (χ0v) is 12.2. The van der Waals surface area contributed by atoms with Crippen LogP contribution >= 0.6 is 15.9 Å². The minimum Gasteiger partial charge on any atom is -0.384 e. The van der Waals surface area contributed by atoms with E-state index in [4.69, 9.17) is 5.26 Å². The third kappa shape index (κ3) is 4.25. The normalized spacial score (nSPS) is 13.7. The van der Waals surface area contributed by atoms with E-state index in [2.05, 4.69) is 32.6 Å². The maximum Gasteiger partial charge on any atom is 0.220 e. The average molecular weight is 322 g/mol. The van der Waals surface area contributed by atoms with E-state index in [9.17, 15) is 4.79 Å². The van der Waals surface area contributed by atoms with Gasteiger partial charge < -0.3 is 10.6 Å². The molecule has 2 N–H and O–H groups in total. The smallest absolute Gasteiger partial charge is 0.220 e. The molecule has 5 heteroatoms. The molecule has 1 aliphatic rings. The van der Waals surface area contributed by atoms with Gasteiger partial charge in [0.25, 0.3) is 0 Å². The maximum atomic E-state index is 11.5. The molecule has 100 valence electrons. The number of rotatable bonds is 6. The SMILES string of the molecule is N#Cc1c(Br)cccc1NCCCC(=O)NC1CC1. The fourth-order valence-corrected chi connectivity index (χ4v) is 2.24. The van der Waals surface area contributed by atoms with E-state index in [0.29, 0.717) is 24.6 Å². The highest BCUT2D eigenvalue weighted by Gasteiger charge is 2.22. The zero-order valence-electron chi connectivity index (χ0n) is 10.6. The lowest BCUT2D eigenvalue weighted by molar-refractivity contribution is -0.121. The Morgan fingerprint density at radius 1 is 1.47 bits per heavy atom. The molecule has 1 saturated carbocycles. The van der Waals surface area contributed by atoms with Gasteiger partial charge in [-0.15, -0.1) is 0 Å². The summed E-state index contributed by atoms with van der Waals surface area (Å²) in [5.41, 5.74) is 1.41. The first-order valence-corrected chi connectivity index (χ1v) is 7.22. The monoisotopic (exact) mass is 321 g/mol. The molecule has 1 aromatic rings. The molecule has 0 bridgehead atoms. The van der Waals surface area contributed by atoms with Crippen molar-refractivity contribution in [2.24, 2.45) is 0 Å². The van der Waals surface area contributed by atoms with Crippen molar-refractivity contribution in [3.8, 4) is 6.07 Å². The second-order valence-corrected chi connectivity index (χ2v) is 5.50. The van der Waals surface area contributed by atoms with Crippen LogP contribution in [0.15, 0.2) is 22.7 Å². The van der Waals surface area contributed by atoms with Crippen LogP contribution in [0, 0.1) is 11.3 Å². The van der Waals surface area contributed by atoms with Crippen molar-refractivity contribution in [1.29, 1.82) is 5.26 Å². The minimum absolute atomic E-state index is 0.124. The van der Waals surface area contributed by atoms with E-state index in [1.165, 1.54) is 0 Å². The van der Waals surface area contributed by atoms with Crippen LogP contribution in [-0.4, -0.2) is 18.5 Å². The van der Waals surface area contributed by atoms with Gasteiger partial charge in [0.15, 0.2) is 0 Å². The molecular formula is C14H16BrN3O. The summed E-state index contributed by atoms with van der Waals surface area (Å²) in [5.74, 6) is 0.124. The van der Waals surface area contributed by atoms with Gasteiger partial charge in [0.05, 0.1) is 11.3 Å². The van der Waals surface area contributed by atoms with E-state index in [0.717, 1.165) is 29.4 Å². The van der Waals surface area contributed by atoms with Crippen LogP contribution in [0.25, 0.3) is 0 Å². The Labute approximate surface area is 121 Å². The number of carbonyl (C=O) groups is 1. The fourth-order valence-electron chi connectivity index (χ4n) is 1.78. The molecule has 0 heterocycles. The van der Waals surface area contributed by atoms with Crippen LogP contribution < -0.4 is 10.6 Å². The second kappa shape index (κ2) is 6.58. The topological polar surface area (TPSA) is 64.9 Å². The molecule has 0 aromatic heterocycles. The Kier molecular flexibility index (Phi) is 4.80.